The highest BCUT2D eigenvalue weighted by atomic mass is 14.9. The first-order valence-electron chi connectivity index (χ1n) is 12.5. The van der Waals surface area contributed by atoms with E-state index in [4.69, 9.17) is 0 Å². The Balaban J connectivity index is 1.60. The summed E-state index contributed by atoms with van der Waals surface area (Å²) >= 11 is 0. The average Bonchev–Trinajstić information content (AvgIpc) is 3.14. The van der Waals surface area contributed by atoms with Crippen LogP contribution < -0.4 is 0 Å². The molecule has 0 saturated heterocycles. The SMILES string of the molecule is Cc1ccc2c(-c3ncccn3)c3ccccc3c(-c3ccc4c(c3)-c3ccccc3C4(C)C)c2c1. The minimum atomic E-state index is -0.000311. The van der Waals surface area contributed by atoms with Crippen molar-refractivity contribution in [3.05, 3.63) is 120 Å². The van der Waals surface area contributed by atoms with Gasteiger partial charge in [0.1, 0.15) is 0 Å². The molecule has 0 N–H and O–H groups in total. The summed E-state index contributed by atoms with van der Waals surface area (Å²) in [5.41, 5.74) is 10.3. The second kappa shape index (κ2) is 7.60. The molecule has 2 nitrogen and oxygen atoms in total. The number of hydrogen-bond donors (Lipinski definition) is 0. The number of aryl methyl sites for hydroxylation is 1. The van der Waals surface area contributed by atoms with Gasteiger partial charge < -0.3 is 0 Å². The predicted molar refractivity (Wildman–Crippen MR) is 150 cm³/mol. The monoisotopic (exact) mass is 462 g/mol. The third-order valence-corrected chi connectivity index (χ3v) is 7.84. The molecule has 1 aromatic heterocycles. The number of rotatable bonds is 2. The Labute approximate surface area is 211 Å². The summed E-state index contributed by atoms with van der Waals surface area (Å²) in [5, 5.41) is 4.82. The standard InChI is InChI=1S/C34H26N2/c1-21-13-15-26-28(19-21)31(24-10-4-5-11-25(24)32(26)33-35-17-8-18-36-33)22-14-16-30-27(20-22)23-9-6-7-12-29(23)34(30,2)3/h4-20H,1-3H3. The molecule has 0 saturated carbocycles. The number of nitrogens with zero attached hydrogens (tertiary/aromatic N) is 2. The van der Waals surface area contributed by atoms with Gasteiger partial charge in [0.2, 0.25) is 0 Å². The number of hydrogen-bond acceptors (Lipinski definition) is 2. The van der Waals surface area contributed by atoms with E-state index < -0.39 is 0 Å². The van der Waals surface area contributed by atoms with Gasteiger partial charge in [0.05, 0.1) is 0 Å². The topological polar surface area (TPSA) is 25.8 Å². The quantitative estimate of drug-likeness (QED) is 0.240. The normalized spacial score (nSPS) is 13.6. The highest BCUT2D eigenvalue weighted by Gasteiger charge is 2.35. The maximum absolute atomic E-state index is 4.65. The fourth-order valence-corrected chi connectivity index (χ4v) is 6.15. The number of fused-ring (bicyclic) bond motifs is 5. The van der Waals surface area contributed by atoms with Gasteiger partial charge in [-0.05, 0) is 74.0 Å². The number of benzene rings is 5. The molecule has 0 spiro atoms. The van der Waals surface area contributed by atoms with E-state index in [0.717, 1.165) is 11.4 Å². The Hall–Kier alpha value is -4.30. The minimum absolute atomic E-state index is 0.000311. The van der Waals surface area contributed by atoms with Crippen LogP contribution in [0.15, 0.2) is 103 Å². The fraction of sp³-hybridized carbons (Fsp3) is 0.118. The summed E-state index contributed by atoms with van der Waals surface area (Å²) < 4.78 is 0. The van der Waals surface area contributed by atoms with Crippen molar-refractivity contribution in [2.75, 3.05) is 0 Å². The molecule has 6 aromatic rings. The van der Waals surface area contributed by atoms with Gasteiger partial charge in [-0.15, -0.1) is 0 Å². The Kier molecular flexibility index (Phi) is 4.44. The van der Waals surface area contributed by atoms with E-state index in [-0.39, 0.29) is 5.41 Å². The van der Waals surface area contributed by atoms with Gasteiger partial charge in [-0.25, -0.2) is 9.97 Å². The Morgan fingerprint density at radius 2 is 1.22 bits per heavy atom. The van der Waals surface area contributed by atoms with Crippen molar-refractivity contribution < 1.29 is 0 Å². The first-order valence-corrected chi connectivity index (χ1v) is 12.5. The van der Waals surface area contributed by atoms with Crippen LogP contribution in [0.3, 0.4) is 0 Å². The van der Waals surface area contributed by atoms with Crippen LogP contribution in [-0.4, -0.2) is 9.97 Å². The number of aromatic nitrogens is 2. The summed E-state index contributed by atoms with van der Waals surface area (Å²) in [5.74, 6) is 0.763. The van der Waals surface area contributed by atoms with Gasteiger partial charge in [0, 0.05) is 23.4 Å². The van der Waals surface area contributed by atoms with E-state index in [1.807, 2.05) is 18.5 Å². The lowest BCUT2D eigenvalue weighted by molar-refractivity contribution is 0.660. The largest absolute Gasteiger partial charge is 0.237 e. The first kappa shape index (κ1) is 21.0. The molecule has 172 valence electrons. The maximum atomic E-state index is 4.65. The fourth-order valence-electron chi connectivity index (χ4n) is 6.15. The Morgan fingerprint density at radius 1 is 0.556 bits per heavy atom. The highest BCUT2D eigenvalue weighted by molar-refractivity contribution is 6.21. The summed E-state index contributed by atoms with van der Waals surface area (Å²) in [7, 11) is 0. The molecule has 2 heteroatoms. The van der Waals surface area contributed by atoms with Crippen LogP contribution >= 0.6 is 0 Å². The summed E-state index contributed by atoms with van der Waals surface area (Å²) in [6.07, 6.45) is 3.65. The van der Waals surface area contributed by atoms with Crippen molar-refractivity contribution in [1.29, 1.82) is 0 Å². The zero-order valence-corrected chi connectivity index (χ0v) is 20.7. The van der Waals surface area contributed by atoms with Gasteiger partial charge in [0.25, 0.3) is 0 Å². The lowest BCUT2D eigenvalue weighted by Crippen LogP contribution is -2.14. The van der Waals surface area contributed by atoms with Gasteiger partial charge in [-0.3, -0.25) is 0 Å². The zero-order chi connectivity index (χ0) is 24.4. The van der Waals surface area contributed by atoms with Crippen LogP contribution in [0.1, 0.15) is 30.5 Å². The van der Waals surface area contributed by atoms with Crippen LogP contribution in [0, 0.1) is 6.92 Å². The third-order valence-electron chi connectivity index (χ3n) is 7.84. The van der Waals surface area contributed by atoms with E-state index in [9.17, 15) is 0 Å². The summed E-state index contributed by atoms with van der Waals surface area (Å²) in [6.45, 7) is 6.83. The van der Waals surface area contributed by atoms with Crippen molar-refractivity contribution in [3.8, 4) is 33.6 Å². The first-order chi connectivity index (χ1) is 17.5. The van der Waals surface area contributed by atoms with Gasteiger partial charge in [-0.2, -0.15) is 0 Å². The molecule has 0 aliphatic heterocycles. The van der Waals surface area contributed by atoms with Crippen molar-refractivity contribution in [2.24, 2.45) is 0 Å². The van der Waals surface area contributed by atoms with Crippen molar-refractivity contribution >= 4 is 21.5 Å². The van der Waals surface area contributed by atoms with Crippen LogP contribution in [0.2, 0.25) is 0 Å². The second-order valence-electron chi connectivity index (χ2n) is 10.3. The van der Waals surface area contributed by atoms with E-state index in [2.05, 4.69) is 116 Å². The molecule has 0 amide bonds. The molecule has 1 aliphatic rings. The Bertz CT molecular complexity index is 1810. The van der Waals surface area contributed by atoms with Crippen LogP contribution in [0.5, 0.6) is 0 Å². The van der Waals surface area contributed by atoms with Crippen LogP contribution in [-0.2, 0) is 5.41 Å². The Morgan fingerprint density at radius 3 is 2.03 bits per heavy atom. The molecular formula is C34H26N2. The smallest absolute Gasteiger partial charge is 0.160 e. The molecule has 1 aliphatic carbocycles. The second-order valence-corrected chi connectivity index (χ2v) is 10.3. The lowest BCUT2D eigenvalue weighted by atomic mass is 9.81. The zero-order valence-electron chi connectivity index (χ0n) is 20.7. The molecule has 0 radical (unpaired) electrons. The van der Waals surface area contributed by atoms with E-state index in [1.165, 1.54) is 60.5 Å². The van der Waals surface area contributed by atoms with Gasteiger partial charge in [-0.1, -0.05) is 98.3 Å². The summed E-state index contributed by atoms with van der Waals surface area (Å²) in [4.78, 5) is 9.30. The van der Waals surface area contributed by atoms with Crippen LogP contribution in [0.4, 0.5) is 0 Å². The van der Waals surface area contributed by atoms with E-state index >= 15 is 0 Å². The molecule has 0 fully saturated rings. The van der Waals surface area contributed by atoms with Gasteiger partial charge >= 0.3 is 0 Å². The molecule has 7 rings (SSSR count). The average molecular weight is 463 g/mol. The van der Waals surface area contributed by atoms with Crippen molar-refractivity contribution in [3.63, 3.8) is 0 Å². The molecule has 0 bridgehead atoms. The highest BCUT2D eigenvalue weighted by Crippen LogP contribution is 2.51. The molecule has 1 heterocycles. The molecule has 5 aromatic carbocycles. The molecule has 36 heavy (non-hydrogen) atoms. The lowest BCUT2D eigenvalue weighted by Gasteiger charge is -2.22. The van der Waals surface area contributed by atoms with E-state index in [1.54, 1.807) is 0 Å². The molecule has 0 atom stereocenters. The van der Waals surface area contributed by atoms with Crippen molar-refractivity contribution in [1.82, 2.24) is 9.97 Å². The molecule has 0 unspecified atom stereocenters. The maximum Gasteiger partial charge on any atom is 0.160 e. The minimum Gasteiger partial charge on any atom is -0.237 e. The van der Waals surface area contributed by atoms with Gasteiger partial charge in [0.15, 0.2) is 5.82 Å². The van der Waals surface area contributed by atoms with Crippen LogP contribution in [0.25, 0.3) is 55.2 Å². The third kappa shape index (κ3) is 2.91. The molecular weight excluding hydrogens is 436 g/mol. The van der Waals surface area contributed by atoms with E-state index in [0.29, 0.717) is 0 Å². The summed E-state index contributed by atoms with van der Waals surface area (Å²) in [6, 6.07) is 33.2. The predicted octanol–water partition coefficient (Wildman–Crippen LogP) is 8.73. The van der Waals surface area contributed by atoms with Crippen molar-refractivity contribution in [2.45, 2.75) is 26.2 Å².